The van der Waals surface area contributed by atoms with Gasteiger partial charge in [-0.2, -0.15) is 0 Å². The Morgan fingerprint density at radius 1 is 1.09 bits per heavy atom. The van der Waals surface area contributed by atoms with Gasteiger partial charge in [0.2, 0.25) is 0 Å². The molecule has 1 unspecified atom stereocenters. The van der Waals surface area contributed by atoms with Gasteiger partial charge in [0.15, 0.2) is 0 Å². The van der Waals surface area contributed by atoms with Gasteiger partial charge in [0.05, 0.1) is 6.10 Å². The third-order valence-electron chi connectivity index (χ3n) is 4.88. The summed E-state index contributed by atoms with van der Waals surface area (Å²) in [6, 6.07) is 10.9. The van der Waals surface area contributed by atoms with Gasteiger partial charge in [-0.3, -0.25) is 0 Å². The molecule has 0 aliphatic carbocycles. The first-order valence-corrected chi connectivity index (χ1v) is 9.40. The molecule has 3 heteroatoms. The van der Waals surface area contributed by atoms with Crippen molar-refractivity contribution in [2.45, 2.75) is 51.6 Å². The Balaban J connectivity index is 1.73. The average molecular weight is 319 g/mol. The molecule has 0 aromatic heterocycles. The molecule has 0 amide bonds. The van der Waals surface area contributed by atoms with Crippen molar-refractivity contribution in [3.63, 3.8) is 0 Å². The first-order chi connectivity index (χ1) is 11.2. The second-order valence-corrected chi connectivity index (χ2v) is 6.94. The van der Waals surface area contributed by atoms with Crippen molar-refractivity contribution < 1.29 is 5.11 Å². The molecule has 2 rings (SSSR count). The molecule has 1 aromatic rings. The zero-order chi connectivity index (χ0) is 16.5. The van der Waals surface area contributed by atoms with Gasteiger partial charge in [-0.1, -0.05) is 44.2 Å². The van der Waals surface area contributed by atoms with E-state index in [1.54, 1.807) is 0 Å². The zero-order valence-electron chi connectivity index (χ0n) is 15.0. The van der Waals surface area contributed by atoms with Crippen LogP contribution in [0.3, 0.4) is 0 Å². The van der Waals surface area contributed by atoms with Crippen molar-refractivity contribution in [1.82, 2.24) is 9.80 Å². The normalized spacial score (nSPS) is 18.4. The summed E-state index contributed by atoms with van der Waals surface area (Å²) < 4.78 is 0. The van der Waals surface area contributed by atoms with Gasteiger partial charge in [-0.05, 0) is 63.3 Å². The molecule has 0 radical (unpaired) electrons. The van der Waals surface area contributed by atoms with E-state index >= 15 is 0 Å². The monoisotopic (exact) mass is 318 g/mol. The number of piperidine rings is 1. The fourth-order valence-electron chi connectivity index (χ4n) is 3.75. The number of aliphatic hydroxyl groups excluding tert-OH is 1. The number of β-amino-alcohol motifs (C(OH)–C–C–N with tert-alkyl or cyclic N) is 1. The van der Waals surface area contributed by atoms with Crippen molar-refractivity contribution in [3.05, 3.63) is 35.9 Å². The van der Waals surface area contributed by atoms with Crippen LogP contribution in [0.4, 0.5) is 0 Å². The van der Waals surface area contributed by atoms with Gasteiger partial charge < -0.3 is 14.9 Å². The van der Waals surface area contributed by atoms with E-state index in [1.165, 1.54) is 18.4 Å². The highest BCUT2D eigenvalue weighted by atomic mass is 16.3. The van der Waals surface area contributed by atoms with E-state index in [0.29, 0.717) is 5.92 Å². The van der Waals surface area contributed by atoms with Crippen LogP contribution in [0.25, 0.3) is 0 Å². The van der Waals surface area contributed by atoms with Crippen LogP contribution >= 0.6 is 0 Å². The van der Waals surface area contributed by atoms with Crippen LogP contribution in [-0.2, 0) is 0 Å². The molecular weight excluding hydrogens is 284 g/mol. The average Bonchev–Trinajstić information content (AvgIpc) is 2.57. The third kappa shape index (κ3) is 6.25. The number of rotatable bonds is 9. The molecule has 1 heterocycles. The van der Waals surface area contributed by atoms with Gasteiger partial charge in [0.1, 0.15) is 0 Å². The maximum absolute atomic E-state index is 10.4. The van der Waals surface area contributed by atoms with E-state index < -0.39 is 0 Å². The van der Waals surface area contributed by atoms with Crippen LogP contribution < -0.4 is 0 Å². The van der Waals surface area contributed by atoms with Gasteiger partial charge in [-0.15, -0.1) is 0 Å². The Morgan fingerprint density at radius 2 is 1.70 bits per heavy atom. The summed E-state index contributed by atoms with van der Waals surface area (Å²) in [6.07, 6.45) is 4.53. The summed E-state index contributed by atoms with van der Waals surface area (Å²) in [5.41, 5.74) is 1.48. The Bertz CT molecular complexity index is 409. The van der Waals surface area contributed by atoms with Crippen LogP contribution in [0, 0.1) is 0 Å². The molecule has 1 N–H and O–H groups in total. The predicted octanol–water partition coefficient (Wildman–Crippen LogP) is 3.35. The molecule has 130 valence electrons. The van der Waals surface area contributed by atoms with Gasteiger partial charge in [-0.25, -0.2) is 0 Å². The first kappa shape index (κ1) is 18.4. The van der Waals surface area contributed by atoms with Gasteiger partial charge >= 0.3 is 0 Å². The maximum Gasteiger partial charge on any atom is 0.0793 e. The second kappa shape index (κ2) is 10.1. The SMILES string of the molecule is CCCN(CCC)CC(O)CN1CCC(c2ccccc2)CC1. The van der Waals surface area contributed by atoms with Crippen LogP contribution in [-0.4, -0.2) is 60.3 Å². The lowest BCUT2D eigenvalue weighted by molar-refractivity contribution is 0.0645. The molecule has 1 atom stereocenters. The predicted molar refractivity (Wildman–Crippen MR) is 97.9 cm³/mol. The van der Waals surface area contributed by atoms with E-state index in [0.717, 1.165) is 52.1 Å². The van der Waals surface area contributed by atoms with Crippen LogP contribution in [0.2, 0.25) is 0 Å². The fraction of sp³-hybridized carbons (Fsp3) is 0.700. The van der Waals surface area contributed by atoms with Crippen LogP contribution in [0.1, 0.15) is 51.0 Å². The molecular formula is C20H34N2O. The van der Waals surface area contributed by atoms with Crippen molar-refractivity contribution in [2.24, 2.45) is 0 Å². The quantitative estimate of drug-likeness (QED) is 0.756. The maximum atomic E-state index is 10.4. The second-order valence-electron chi connectivity index (χ2n) is 6.94. The Hall–Kier alpha value is -0.900. The van der Waals surface area contributed by atoms with Crippen molar-refractivity contribution in [2.75, 3.05) is 39.3 Å². The van der Waals surface area contributed by atoms with Crippen molar-refractivity contribution in [3.8, 4) is 0 Å². The molecule has 0 saturated carbocycles. The third-order valence-corrected chi connectivity index (χ3v) is 4.88. The Morgan fingerprint density at radius 3 is 2.26 bits per heavy atom. The summed E-state index contributed by atoms with van der Waals surface area (Å²) in [5.74, 6) is 0.696. The van der Waals surface area contributed by atoms with Crippen molar-refractivity contribution >= 4 is 0 Å². The molecule has 1 aromatic carbocycles. The molecule has 23 heavy (non-hydrogen) atoms. The highest BCUT2D eigenvalue weighted by Crippen LogP contribution is 2.27. The molecule has 1 aliphatic rings. The summed E-state index contributed by atoms with van der Waals surface area (Å²) in [5, 5.41) is 10.4. The van der Waals surface area contributed by atoms with E-state index in [-0.39, 0.29) is 6.10 Å². The topological polar surface area (TPSA) is 26.7 Å². The molecule has 1 fully saturated rings. The number of hydrogen-bond acceptors (Lipinski definition) is 3. The molecule has 3 nitrogen and oxygen atoms in total. The minimum Gasteiger partial charge on any atom is -0.390 e. The highest BCUT2D eigenvalue weighted by Gasteiger charge is 2.22. The first-order valence-electron chi connectivity index (χ1n) is 9.40. The number of benzene rings is 1. The minimum atomic E-state index is -0.221. The molecule has 1 aliphatic heterocycles. The zero-order valence-corrected chi connectivity index (χ0v) is 15.0. The van der Waals surface area contributed by atoms with E-state index in [2.05, 4.69) is 54.0 Å². The largest absolute Gasteiger partial charge is 0.390 e. The van der Waals surface area contributed by atoms with Crippen molar-refractivity contribution in [1.29, 1.82) is 0 Å². The number of hydrogen-bond donors (Lipinski definition) is 1. The summed E-state index contributed by atoms with van der Waals surface area (Å²) in [7, 11) is 0. The lowest BCUT2D eigenvalue weighted by Gasteiger charge is -2.34. The van der Waals surface area contributed by atoms with E-state index in [1.807, 2.05) is 0 Å². The van der Waals surface area contributed by atoms with Crippen LogP contribution in [0.15, 0.2) is 30.3 Å². The molecule has 1 saturated heterocycles. The van der Waals surface area contributed by atoms with E-state index in [4.69, 9.17) is 0 Å². The number of aliphatic hydroxyl groups is 1. The molecule has 0 bridgehead atoms. The standard InChI is InChI=1S/C20H34N2O/c1-3-12-21(13-4-2)16-20(23)17-22-14-10-19(11-15-22)18-8-6-5-7-9-18/h5-9,19-20,23H,3-4,10-17H2,1-2H3. The number of nitrogens with zero attached hydrogens (tertiary/aromatic N) is 2. The smallest absolute Gasteiger partial charge is 0.0793 e. The fourth-order valence-corrected chi connectivity index (χ4v) is 3.75. The number of likely N-dealkylation sites (tertiary alicyclic amines) is 1. The van der Waals surface area contributed by atoms with Crippen LogP contribution in [0.5, 0.6) is 0 Å². The lowest BCUT2D eigenvalue weighted by Crippen LogP contribution is -2.43. The minimum absolute atomic E-state index is 0.221. The molecule has 0 spiro atoms. The highest BCUT2D eigenvalue weighted by molar-refractivity contribution is 5.20. The summed E-state index contributed by atoms with van der Waals surface area (Å²) in [6.45, 7) is 10.5. The van der Waals surface area contributed by atoms with Gasteiger partial charge in [0.25, 0.3) is 0 Å². The van der Waals surface area contributed by atoms with E-state index in [9.17, 15) is 5.11 Å². The Labute approximate surface area is 142 Å². The Kier molecular flexibility index (Phi) is 8.07. The van der Waals surface area contributed by atoms with Gasteiger partial charge in [0, 0.05) is 13.1 Å². The summed E-state index contributed by atoms with van der Waals surface area (Å²) >= 11 is 0. The summed E-state index contributed by atoms with van der Waals surface area (Å²) in [4.78, 5) is 4.85. The lowest BCUT2D eigenvalue weighted by atomic mass is 9.89.